The van der Waals surface area contributed by atoms with Gasteiger partial charge in [-0.05, 0) is 25.8 Å². The highest BCUT2D eigenvalue weighted by Gasteiger charge is 2.02. The molecule has 0 bridgehead atoms. The van der Waals surface area contributed by atoms with Crippen molar-refractivity contribution >= 4 is 12.4 Å². The molecule has 0 saturated heterocycles. The zero-order chi connectivity index (χ0) is 14.3. The maximum Gasteiger partial charge on any atom is 0.0622 e. The minimum atomic E-state index is 0.753. The minimum Gasteiger partial charge on any atom is -0.295 e. The van der Waals surface area contributed by atoms with Gasteiger partial charge in [0.1, 0.15) is 0 Å². The Morgan fingerprint density at radius 1 is 1.32 bits per heavy atom. The first-order chi connectivity index (χ1) is 9.08. The minimum absolute atomic E-state index is 0.753. The lowest BCUT2D eigenvalue weighted by Crippen LogP contribution is -1.92. The molecule has 0 radical (unpaired) electrons. The van der Waals surface area contributed by atoms with Crippen molar-refractivity contribution in [2.75, 3.05) is 7.05 Å². The van der Waals surface area contributed by atoms with Gasteiger partial charge in [-0.2, -0.15) is 0 Å². The van der Waals surface area contributed by atoms with Gasteiger partial charge < -0.3 is 0 Å². The molecule has 2 heteroatoms. The fraction of sp³-hybridized carbons (Fsp3) is 0.235. The molecule has 1 aliphatic carbocycles. The molecule has 0 unspecified atom stereocenters. The van der Waals surface area contributed by atoms with Crippen molar-refractivity contribution in [1.82, 2.24) is 0 Å². The standard InChI is InChI=1S/C17H20N2/c1-6-16(12-18-5)15(4)11-19-17-9-7-8-13(2)10-14(17)3/h8-12H,1,4,7H2,2-3,5H3/b18-12-,19-11-. The van der Waals surface area contributed by atoms with Gasteiger partial charge in [0.25, 0.3) is 0 Å². The Morgan fingerprint density at radius 3 is 2.68 bits per heavy atom. The van der Waals surface area contributed by atoms with E-state index in [-0.39, 0.29) is 0 Å². The monoisotopic (exact) mass is 252 g/mol. The maximum atomic E-state index is 4.49. The SMILES string of the molecule is C=C=C(/C=N\C)C(=C)/C=N\C1=CCC=C(C)C=C1C. The molecule has 1 rings (SSSR count). The Kier molecular flexibility index (Phi) is 5.72. The predicted octanol–water partition coefficient (Wildman–Crippen LogP) is 4.21. The molecule has 2 nitrogen and oxygen atoms in total. The highest BCUT2D eigenvalue weighted by atomic mass is 14.7. The van der Waals surface area contributed by atoms with Gasteiger partial charge in [-0.15, -0.1) is 5.73 Å². The third-order valence-corrected chi connectivity index (χ3v) is 2.75. The van der Waals surface area contributed by atoms with Crippen molar-refractivity contribution in [1.29, 1.82) is 0 Å². The van der Waals surface area contributed by atoms with E-state index in [0.29, 0.717) is 0 Å². The number of hydrogen-bond acceptors (Lipinski definition) is 2. The smallest absolute Gasteiger partial charge is 0.0622 e. The highest BCUT2D eigenvalue weighted by molar-refractivity contribution is 5.98. The Hall–Kier alpha value is -2.18. The fourth-order valence-electron chi connectivity index (χ4n) is 1.73. The Balaban J connectivity index is 2.89. The zero-order valence-corrected chi connectivity index (χ0v) is 11.9. The van der Waals surface area contributed by atoms with E-state index in [4.69, 9.17) is 0 Å². The van der Waals surface area contributed by atoms with Gasteiger partial charge in [0.15, 0.2) is 0 Å². The van der Waals surface area contributed by atoms with E-state index >= 15 is 0 Å². The van der Waals surface area contributed by atoms with E-state index in [9.17, 15) is 0 Å². The average molecular weight is 252 g/mol. The number of allylic oxidation sites excluding steroid dienone is 7. The summed E-state index contributed by atoms with van der Waals surface area (Å²) >= 11 is 0. The molecule has 0 atom stereocenters. The number of rotatable bonds is 4. The third-order valence-electron chi connectivity index (χ3n) is 2.75. The van der Waals surface area contributed by atoms with Crippen LogP contribution in [-0.4, -0.2) is 19.5 Å². The number of aliphatic imine (C=N–C) groups is 2. The van der Waals surface area contributed by atoms with Gasteiger partial charge in [0.05, 0.1) is 5.70 Å². The van der Waals surface area contributed by atoms with E-state index in [0.717, 1.165) is 28.8 Å². The number of hydrogen-bond donors (Lipinski definition) is 0. The summed E-state index contributed by atoms with van der Waals surface area (Å²) in [6, 6.07) is 0. The molecular formula is C17H20N2. The van der Waals surface area contributed by atoms with E-state index in [1.54, 1.807) is 19.5 Å². The van der Waals surface area contributed by atoms with Crippen molar-refractivity contribution in [3.8, 4) is 0 Å². The topological polar surface area (TPSA) is 24.7 Å². The second-order valence-electron chi connectivity index (χ2n) is 4.36. The lowest BCUT2D eigenvalue weighted by Gasteiger charge is -2.01. The average Bonchev–Trinajstić information content (AvgIpc) is 2.54. The third kappa shape index (κ3) is 4.53. The Bertz CT molecular complexity index is 560. The Labute approximate surface area is 115 Å². The highest BCUT2D eigenvalue weighted by Crippen LogP contribution is 2.18. The van der Waals surface area contributed by atoms with E-state index < -0.39 is 0 Å². The fourth-order valence-corrected chi connectivity index (χ4v) is 1.73. The summed E-state index contributed by atoms with van der Waals surface area (Å²) in [6.07, 6.45) is 10.7. The van der Waals surface area contributed by atoms with Crippen LogP contribution in [0.4, 0.5) is 0 Å². The van der Waals surface area contributed by atoms with Crippen molar-refractivity contribution in [3.63, 3.8) is 0 Å². The van der Waals surface area contributed by atoms with Crippen LogP contribution < -0.4 is 0 Å². The van der Waals surface area contributed by atoms with Crippen LogP contribution in [0.3, 0.4) is 0 Å². The molecule has 0 heterocycles. The quantitative estimate of drug-likeness (QED) is 0.407. The van der Waals surface area contributed by atoms with Crippen LogP contribution in [0.15, 0.2) is 75.1 Å². The molecule has 0 N–H and O–H groups in total. The summed E-state index contributed by atoms with van der Waals surface area (Å²) in [6.45, 7) is 11.7. The molecule has 98 valence electrons. The van der Waals surface area contributed by atoms with Gasteiger partial charge in [0, 0.05) is 30.6 Å². The molecule has 19 heavy (non-hydrogen) atoms. The molecule has 0 aromatic carbocycles. The van der Waals surface area contributed by atoms with Crippen LogP contribution in [-0.2, 0) is 0 Å². The molecule has 0 aromatic heterocycles. The van der Waals surface area contributed by atoms with E-state index in [1.807, 2.05) is 0 Å². The van der Waals surface area contributed by atoms with Gasteiger partial charge in [-0.1, -0.05) is 37.0 Å². The summed E-state index contributed by atoms with van der Waals surface area (Å²) in [7, 11) is 1.71. The largest absolute Gasteiger partial charge is 0.295 e. The molecule has 0 fully saturated rings. The zero-order valence-electron chi connectivity index (χ0n) is 11.9. The van der Waals surface area contributed by atoms with E-state index in [2.05, 4.69) is 60.9 Å². The van der Waals surface area contributed by atoms with E-state index in [1.165, 1.54) is 5.57 Å². The van der Waals surface area contributed by atoms with Gasteiger partial charge in [-0.25, -0.2) is 0 Å². The lowest BCUT2D eigenvalue weighted by molar-refractivity contribution is 1.25. The van der Waals surface area contributed by atoms with Crippen molar-refractivity contribution in [3.05, 3.63) is 65.1 Å². The van der Waals surface area contributed by atoms with Crippen molar-refractivity contribution in [2.24, 2.45) is 9.98 Å². The summed E-state index contributed by atoms with van der Waals surface area (Å²) in [5.41, 5.74) is 7.72. The molecular weight excluding hydrogens is 232 g/mol. The molecule has 0 spiro atoms. The van der Waals surface area contributed by atoms with Gasteiger partial charge in [0.2, 0.25) is 0 Å². The molecule has 0 aliphatic heterocycles. The summed E-state index contributed by atoms with van der Waals surface area (Å²) < 4.78 is 0. The normalized spacial score (nSPS) is 15.6. The van der Waals surface area contributed by atoms with Gasteiger partial charge in [-0.3, -0.25) is 9.98 Å². The second-order valence-corrected chi connectivity index (χ2v) is 4.36. The lowest BCUT2D eigenvalue weighted by atomic mass is 10.1. The molecule has 0 amide bonds. The molecule has 0 saturated carbocycles. The van der Waals surface area contributed by atoms with Crippen molar-refractivity contribution < 1.29 is 0 Å². The Morgan fingerprint density at radius 2 is 2.05 bits per heavy atom. The molecule has 0 aromatic rings. The van der Waals surface area contributed by atoms with Crippen LogP contribution in [0.5, 0.6) is 0 Å². The first-order valence-corrected chi connectivity index (χ1v) is 6.19. The first kappa shape index (κ1) is 14.9. The number of nitrogens with zero attached hydrogens (tertiary/aromatic N) is 2. The van der Waals surface area contributed by atoms with Crippen LogP contribution in [0.25, 0.3) is 0 Å². The van der Waals surface area contributed by atoms with Crippen LogP contribution in [0, 0.1) is 0 Å². The van der Waals surface area contributed by atoms with Crippen LogP contribution >= 0.6 is 0 Å². The summed E-state index contributed by atoms with van der Waals surface area (Å²) in [5, 5.41) is 0. The van der Waals surface area contributed by atoms with Crippen LogP contribution in [0.2, 0.25) is 0 Å². The van der Waals surface area contributed by atoms with Gasteiger partial charge >= 0.3 is 0 Å². The first-order valence-electron chi connectivity index (χ1n) is 6.19. The molecule has 1 aliphatic rings. The summed E-state index contributed by atoms with van der Waals surface area (Å²) in [5.74, 6) is 0. The second kappa shape index (κ2) is 7.30. The summed E-state index contributed by atoms with van der Waals surface area (Å²) in [4.78, 5) is 8.44. The van der Waals surface area contributed by atoms with Crippen LogP contribution in [0.1, 0.15) is 20.3 Å². The maximum absolute atomic E-state index is 4.49. The van der Waals surface area contributed by atoms with Crippen molar-refractivity contribution in [2.45, 2.75) is 20.3 Å². The predicted molar refractivity (Wildman–Crippen MR) is 84.9 cm³/mol.